The van der Waals surface area contributed by atoms with Gasteiger partial charge >= 0.3 is 0 Å². The zero-order valence-corrected chi connectivity index (χ0v) is 8.97. The first-order valence-electron chi connectivity index (χ1n) is 4.40. The molecule has 0 saturated heterocycles. The minimum atomic E-state index is 0.117. The van der Waals surface area contributed by atoms with Gasteiger partial charge in [0.2, 0.25) is 11.8 Å². The van der Waals surface area contributed by atoms with Crippen molar-refractivity contribution in [2.75, 3.05) is 20.8 Å². The first kappa shape index (κ1) is 11.7. The SMILES string of the molecule is COc1ccc(C#CCN=[N+]=[N-])c(OC)n1. The van der Waals surface area contributed by atoms with Crippen LogP contribution in [-0.2, 0) is 0 Å². The number of hydrogen-bond acceptors (Lipinski definition) is 4. The second-order valence-electron chi connectivity index (χ2n) is 2.60. The summed E-state index contributed by atoms with van der Waals surface area (Å²) >= 11 is 0. The predicted molar refractivity (Wildman–Crippen MR) is 58.2 cm³/mol. The van der Waals surface area contributed by atoms with Crippen LogP contribution in [0.1, 0.15) is 5.56 Å². The summed E-state index contributed by atoms with van der Waals surface area (Å²) in [6.07, 6.45) is 0. The molecule has 0 aliphatic rings. The Bertz CT molecular complexity index is 469. The molecule has 0 aliphatic carbocycles. The van der Waals surface area contributed by atoms with Gasteiger partial charge < -0.3 is 9.47 Å². The predicted octanol–water partition coefficient (Wildman–Crippen LogP) is 1.76. The van der Waals surface area contributed by atoms with Crippen molar-refractivity contribution >= 4 is 0 Å². The van der Waals surface area contributed by atoms with E-state index in [-0.39, 0.29) is 6.54 Å². The van der Waals surface area contributed by atoms with Crippen LogP contribution in [0.25, 0.3) is 10.4 Å². The molecule has 0 saturated carbocycles. The lowest BCUT2D eigenvalue weighted by molar-refractivity contribution is 0.364. The number of pyridine rings is 1. The second kappa shape index (κ2) is 6.17. The number of ether oxygens (including phenoxy) is 2. The van der Waals surface area contributed by atoms with Crippen molar-refractivity contribution in [3.8, 4) is 23.6 Å². The second-order valence-corrected chi connectivity index (χ2v) is 2.60. The molecular weight excluding hydrogens is 208 g/mol. The molecule has 1 aromatic rings. The van der Waals surface area contributed by atoms with Crippen molar-refractivity contribution in [2.24, 2.45) is 5.11 Å². The average molecular weight is 218 g/mol. The monoisotopic (exact) mass is 218 g/mol. The molecule has 1 heterocycles. The zero-order chi connectivity index (χ0) is 11.8. The van der Waals surface area contributed by atoms with Gasteiger partial charge in [-0.2, -0.15) is 4.98 Å². The zero-order valence-electron chi connectivity index (χ0n) is 8.97. The quantitative estimate of drug-likeness (QED) is 0.335. The Kier molecular flexibility index (Phi) is 4.51. The van der Waals surface area contributed by atoms with Gasteiger partial charge in [-0.1, -0.05) is 17.0 Å². The van der Waals surface area contributed by atoms with Gasteiger partial charge in [0.05, 0.1) is 26.3 Å². The van der Waals surface area contributed by atoms with E-state index in [1.54, 1.807) is 12.1 Å². The van der Waals surface area contributed by atoms with Crippen LogP contribution in [0, 0.1) is 11.8 Å². The summed E-state index contributed by atoms with van der Waals surface area (Å²) in [6.45, 7) is 0.117. The van der Waals surface area contributed by atoms with Gasteiger partial charge in [0.25, 0.3) is 0 Å². The highest BCUT2D eigenvalue weighted by Crippen LogP contribution is 2.18. The fourth-order valence-electron chi connectivity index (χ4n) is 0.990. The number of nitrogens with zero attached hydrogens (tertiary/aromatic N) is 4. The Morgan fingerprint density at radius 1 is 1.44 bits per heavy atom. The van der Waals surface area contributed by atoms with E-state index >= 15 is 0 Å². The summed E-state index contributed by atoms with van der Waals surface area (Å²) in [5, 5.41) is 3.30. The Labute approximate surface area is 92.8 Å². The average Bonchev–Trinajstić information content (AvgIpc) is 2.34. The lowest BCUT2D eigenvalue weighted by Crippen LogP contribution is -1.94. The first-order valence-corrected chi connectivity index (χ1v) is 4.40. The molecule has 0 aromatic carbocycles. The van der Waals surface area contributed by atoms with E-state index in [1.807, 2.05) is 0 Å². The highest BCUT2D eigenvalue weighted by Gasteiger charge is 2.03. The number of hydrogen-bond donors (Lipinski definition) is 0. The maximum Gasteiger partial charge on any atom is 0.232 e. The highest BCUT2D eigenvalue weighted by molar-refractivity contribution is 5.43. The minimum absolute atomic E-state index is 0.117. The van der Waals surface area contributed by atoms with Crippen LogP contribution in [0.4, 0.5) is 0 Å². The van der Waals surface area contributed by atoms with Crippen LogP contribution in [0.5, 0.6) is 11.8 Å². The summed E-state index contributed by atoms with van der Waals surface area (Å²) in [7, 11) is 3.02. The molecule has 6 nitrogen and oxygen atoms in total. The van der Waals surface area contributed by atoms with E-state index in [9.17, 15) is 0 Å². The van der Waals surface area contributed by atoms with E-state index in [0.29, 0.717) is 17.3 Å². The Balaban J connectivity index is 2.93. The third kappa shape index (κ3) is 3.08. The van der Waals surface area contributed by atoms with E-state index in [1.165, 1.54) is 14.2 Å². The molecule has 0 fully saturated rings. The van der Waals surface area contributed by atoms with E-state index in [0.717, 1.165) is 0 Å². The van der Waals surface area contributed by atoms with Gasteiger partial charge in [-0.15, -0.1) is 0 Å². The van der Waals surface area contributed by atoms with Crippen LogP contribution in [0.15, 0.2) is 17.2 Å². The lowest BCUT2D eigenvalue weighted by atomic mass is 10.2. The molecule has 0 unspecified atom stereocenters. The normalized spacial score (nSPS) is 8.38. The highest BCUT2D eigenvalue weighted by atomic mass is 16.5. The van der Waals surface area contributed by atoms with Crippen molar-refractivity contribution in [1.29, 1.82) is 0 Å². The molecular formula is C10H10N4O2. The molecule has 82 valence electrons. The van der Waals surface area contributed by atoms with Gasteiger partial charge in [-0.05, 0) is 11.6 Å². The summed E-state index contributed by atoms with van der Waals surface area (Å²) < 4.78 is 10.00. The van der Waals surface area contributed by atoms with Crippen LogP contribution in [0.3, 0.4) is 0 Å². The molecule has 6 heteroatoms. The number of aromatic nitrogens is 1. The van der Waals surface area contributed by atoms with Crippen molar-refractivity contribution in [2.45, 2.75) is 0 Å². The molecule has 1 rings (SSSR count). The molecule has 0 spiro atoms. The Morgan fingerprint density at radius 2 is 2.25 bits per heavy atom. The molecule has 0 aliphatic heterocycles. The lowest BCUT2D eigenvalue weighted by Gasteiger charge is -2.03. The summed E-state index contributed by atoms with van der Waals surface area (Å²) in [4.78, 5) is 6.65. The first-order chi connectivity index (χ1) is 7.81. The van der Waals surface area contributed by atoms with Gasteiger partial charge in [-0.25, -0.2) is 0 Å². The summed E-state index contributed by atoms with van der Waals surface area (Å²) in [6, 6.07) is 3.41. The molecule has 0 atom stereocenters. The van der Waals surface area contributed by atoms with Crippen LogP contribution >= 0.6 is 0 Å². The number of azide groups is 1. The van der Waals surface area contributed by atoms with Crippen molar-refractivity contribution in [3.63, 3.8) is 0 Å². The topological polar surface area (TPSA) is 80.1 Å². The van der Waals surface area contributed by atoms with Gasteiger partial charge in [0.1, 0.15) is 0 Å². The number of rotatable bonds is 3. The van der Waals surface area contributed by atoms with Gasteiger partial charge in [0.15, 0.2) is 0 Å². The summed E-state index contributed by atoms with van der Waals surface area (Å²) in [5.74, 6) is 6.31. The Morgan fingerprint density at radius 3 is 2.88 bits per heavy atom. The molecule has 0 radical (unpaired) electrons. The molecule has 1 aromatic heterocycles. The van der Waals surface area contributed by atoms with E-state index in [2.05, 4.69) is 26.9 Å². The fourth-order valence-corrected chi connectivity index (χ4v) is 0.990. The Hall–Kier alpha value is -2.38. The molecule has 0 amide bonds. The molecule has 0 N–H and O–H groups in total. The van der Waals surface area contributed by atoms with E-state index in [4.69, 9.17) is 15.0 Å². The van der Waals surface area contributed by atoms with Crippen LogP contribution < -0.4 is 9.47 Å². The minimum Gasteiger partial charge on any atom is -0.481 e. The maximum absolute atomic E-state index is 8.07. The van der Waals surface area contributed by atoms with Gasteiger partial charge in [0, 0.05) is 11.0 Å². The van der Waals surface area contributed by atoms with Crippen LogP contribution in [0.2, 0.25) is 0 Å². The van der Waals surface area contributed by atoms with Gasteiger partial charge in [-0.3, -0.25) is 0 Å². The largest absolute Gasteiger partial charge is 0.481 e. The van der Waals surface area contributed by atoms with Crippen LogP contribution in [-0.4, -0.2) is 25.7 Å². The third-order valence-corrected chi connectivity index (χ3v) is 1.67. The molecule has 16 heavy (non-hydrogen) atoms. The fraction of sp³-hybridized carbons (Fsp3) is 0.300. The molecule has 0 bridgehead atoms. The van der Waals surface area contributed by atoms with Crippen molar-refractivity contribution < 1.29 is 9.47 Å². The smallest absolute Gasteiger partial charge is 0.232 e. The number of methoxy groups -OCH3 is 2. The standard InChI is InChI=1S/C10H10N4O2/c1-15-9-6-5-8(10(13-9)16-2)4-3-7-12-14-11/h5-6H,7H2,1-2H3. The van der Waals surface area contributed by atoms with Crippen molar-refractivity contribution in [3.05, 3.63) is 28.1 Å². The van der Waals surface area contributed by atoms with E-state index < -0.39 is 0 Å². The van der Waals surface area contributed by atoms with Crippen molar-refractivity contribution in [1.82, 2.24) is 4.98 Å². The third-order valence-electron chi connectivity index (χ3n) is 1.67. The summed E-state index contributed by atoms with van der Waals surface area (Å²) in [5.41, 5.74) is 8.69. The maximum atomic E-state index is 8.07.